The minimum absolute atomic E-state index is 0.100. The van der Waals surface area contributed by atoms with Crippen LogP contribution >= 0.6 is 0 Å². The van der Waals surface area contributed by atoms with Crippen LogP contribution in [0.5, 0.6) is 11.5 Å². The lowest BCUT2D eigenvalue weighted by Crippen LogP contribution is -2.19. The van der Waals surface area contributed by atoms with Gasteiger partial charge in [-0.15, -0.1) is 0 Å². The van der Waals surface area contributed by atoms with Crippen molar-refractivity contribution in [3.63, 3.8) is 0 Å². The number of fused-ring (bicyclic) bond motifs is 1. The van der Waals surface area contributed by atoms with Crippen molar-refractivity contribution in [3.05, 3.63) is 61.1 Å². The number of methoxy groups -OCH3 is 2. The maximum Gasteiger partial charge on any atom is 0.124 e. The summed E-state index contributed by atoms with van der Waals surface area (Å²) in [4.78, 5) is 11.6. The Kier molecular flexibility index (Phi) is 6.04. The fourth-order valence-corrected chi connectivity index (χ4v) is 3.55. The molecule has 0 radical (unpaired) electrons. The third-order valence-corrected chi connectivity index (χ3v) is 5.15. The highest BCUT2D eigenvalue weighted by Gasteiger charge is 2.14. The average molecular weight is 418 g/mol. The monoisotopic (exact) mass is 418 g/mol. The third kappa shape index (κ3) is 4.46. The van der Waals surface area contributed by atoms with Gasteiger partial charge in [0.2, 0.25) is 0 Å². The van der Waals surface area contributed by atoms with E-state index in [1.54, 1.807) is 20.4 Å². The number of hydrogen-bond donors (Lipinski definition) is 1. The van der Waals surface area contributed by atoms with Crippen LogP contribution in [0.3, 0.4) is 0 Å². The first-order valence-electron chi connectivity index (χ1n) is 10.1. The summed E-state index contributed by atoms with van der Waals surface area (Å²) in [6.07, 6.45) is 6.43. The molecule has 1 N–H and O–H groups in total. The van der Waals surface area contributed by atoms with E-state index in [9.17, 15) is 5.11 Å². The zero-order valence-corrected chi connectivity index (χ0v) is 17.9. The Morgan fingerprint density at radius 1 is 0.968 bits per heavy atom. The number of aromatic nitrogens is 3. The molecule has 160 valence electrons. The van der Waals surface area contributed by atoms with Crippen LogP contribution in [-0.4, -0.2) is 47.0 Å². The Labute approximate surface area is 181 Å². The summed E-state index contributed by atoms with van der Waals surface area (Å²) >= 11 is 0. The van der Waals surface area contributed by atoms with Crippen LogP contribution in [0.4, 0.5) is 11.4 Å². The summed E-state index contributed by atoms with van der Waals surface area (Å²) in [5, 5.41) is 9.45. The molecule has 0 aliphatic rings. The van der Waals surface area contributed by atoms with E-state index in [-0.39, 0.29) is 6.61 Å². The molecule has 0 amide bonds. The molecule has 0 atom stereocenters. The zero-order chi connectivity index (χ0) is 21.8. The molecule has 2 aromatic carbocycles. The van der Waals surface area contributed by atoms with Gasteiger partial charge in [-0.1, -0.05) is 0 Å². The fourth-order valence-electron chi connectivity index (χ4n) is 3.55. The summed E-state index contributed by atoms with van der Waals surface area (Å²) < 4.78 is 12.9. The summed E-state index contributed by atoms with van der Waals surface area (Å²) in [6, 6.07) is 13.8. The highest BCUT2D eigenvalue weighted by atomic mass is 16.5. The van der Waals surface area contributed by atoms with Crippen molar-refractivity contribution in [1.82, 2.24) is 14.5 Å². The molecule has 7 nitrogen and oxygen atoms in total. The second kappa shape index (κ2) is 9.06. The smallest absolute Gasteiger partial charge is 0.124 e. The third-order valence-electron chi connectivity index (χ3n) is 5.15. The Hall–Kier alpha value is -3.58. The topological polar surface area (TPSA) is 72.6 Å². The predicted octanol–water partition coefficient (Wildman–Crippen LogP) is 4.17. The fraction of sp³-hybridized carbons (Fsp3) is 0.250. The van der Waals surface area contributed by atoms with E-state index < -0.39 is 0 Å². The van der Waals surface area contributed by atoms with Gasteiger partial charge in [-0.25, -0.2) is 4.98 Å². The normalized spacial score (nSPS) is 11.0. The molecule has 0 fully saturated rings. The van der Waals surface area contributed by atoms with Crippen molar-refractivity contribution in [2.45, 2.75) is 6.42 Å². The van der Waals surface area contributed by atoms with Gasteiger partial charge in [0, 0.05) is 67.7 Å². The minimum atomic E-state index is 0.100. The van der Waals surface area contributed by atoms with Gasteiger partial charge in [-0.05, 0) is 30.7 Å². The number of nitrogens with zero attached hydrogens (tertiary/aromatic N) is 4. The van der Waals surface area contributed by atoms with E-state index in [0.717, 1.165) is 33.7 Å². The number of anilines is 2. The Morgan fingerprint density at radius 3 is 2.39 bits per heavy atom. The van der Waals surface area contributed by atoms with Gasteiger partial charge in [-0.3, -0.25) is 4.98 Å². The SMILES string of the molecule is COc1cc(OC)cc(N(CCCO)c2ccc3ncc(-c4ccn(C)c4)nc3c2)c1. The predicted molar refractivity (Wildman–Crippen MR) is 122 cm³/mol. The van der Waals surface area contributed by atoms with Gasteiger partial charge < -0.3 is 24.0 Å². The maximum absolute atomic E-state index is 9.45. The zero-order valence-electron chi connectivity index (χ0n) is 17.9. The molecule has 4 aromatic rings. The number of hydrogen-bond acceptors (Lipinski definition) is 6. The van der Waals surface area contributed by atoms with Gasteiger partial charge in [0.05, 0.1) is 37.1 Å². The Morgan fingerprint density at radius 2 is 1.74 bits per heavy atom. The van der Waals surface area contributed by atoms with Crippen molar-refractivity contribution in [3.8, 4) is 22.8 Å². The molecule has 0 saturated heterocycles. The highest BCUT2D eigenvalue weighted by Crippen LogP contribution is 2.34. The van der Waals surface area contributed by atoms with Crippen molar-refractivity contribution in [2.24, 2.45) is 7.05 Å². The average Bonchev–Trinajstić information content (AvgIpc) is 3.24. The van der Waals surface area contributed by atoms with Crippen molar-refractivity contribution in [1.29, 1.82) is 0 Å². The van der Waals surface area contributed by atoms with Crippen LogP contribution in [0.15, 0.2) is 61.1 Å². The van der Waals surface area contributed by atoms with E-state index in [0.29, 0.717) is 24.5 Å². The van der Waals surface area contributed by atoms with E-state index in [1.807, 2.05) is 66.5 Å². The number of rotatable bonds is 8. The van der Waals surface area contributed by atoms with Crippen LogP contribution in [0.2, 0.25) is 0 Å². The molecule has 2 aromatic heterocycles. The lowest BCUT2D eigenvalue weighted by Gasteiger charge is -2.26. The highest BCUT2D eigenvalue weighted by molar-refractivity contribution is 5.82. The molecule has 4 rings (SSSR count). The van der Waals surface area contributed by atoms with E-state index in [1.165, 1.54) is 0 Å². The Balaban J connectivity index is 1.78. The minimum Gasteiger partial charge on any atom is -0.497 e. The first-order valence-corrected chi connectivity index (χ1v) is 10.1. The number of benzene rings is 2. The van der Waals surface area contributed by atoms with Crippen LogP contribution in [0.25, 0.3) is 22.3 Å². The molecule has 0 saturated carbocycles. The van der Waals surface area contributed by atoms with Crippen molar-refractivity contribution >= 4 is 22.4 Å². The number of ether oxygens (including phenoxy) is 2. The van der Waals surface area contributed by atoms with Crippen molar-refractivity contribution in [2.75, 3.05) is 32.3 Å². The van der Waals surface area contributed by atoms with Crippen molar-refractivity contribution < 1.29 is 14.6 Å². The molecule has 31 heavy (non-hydrogen) atoms. The van der Waals surface area contributed by atoms with E-state index >= 15 is 0 Å². The first-order chi connectivity index (χ1) is 15.1. The van der Waals surface area contributed by atoms with Gasteiger partial charge in [-0.2, -0.15) is 0 Å². The summed E-state index contributed by atoms with van der Waals surface area (Å²) in [5.74, 6) is 1.41. The molecule has 2 heterocycles. The van der Waals surface area contributed by atoms with Crippen LogP contribution in [0, 0.1) is 0 Å². The number of aliphatic hydroxyl groups is 1. The number of aliphatic hydroxyl groups excluding tert-OH is 1. The quantitative estimate of drug-likeness (QED) is 0.463. The largest absolute Gasteiger partial charge is 0.497 e. The van der Waals surface area contributed by atoms with Gasteiger partial charge in [0.1, 0.15) is 11.5 Å². The summed E-state index contributed by atoms with van der Waals surface area (Å²) in [5.41, 5.74) is 5.36. The second-order valence-corrected chi connectivity index (χ2v) is 7.29. The maximum atomic E-state index is 9.45. The molecule has 0 unspecified atom stereocenters. The Bertz CT molecular complexity index is 1170. The first kappa shape index (κ1) is 20.7. The summed E-state index contributed by atoms with van der Waals surface area (Å²) in [7, 11) is 5.25. The van der Waals surface area contributed by atoms with Crippen LogP contribution < -0.4 is 14.4 Å². The molecule has 0 bridgehead atoms. The van der Waals surface area contributed by atoms with Crippen LogP contribution in [-0.2, 0) is 7.05 Å². The standard InChI is InChI=1S/C24H26N4O3/c1-27-9-7-17(16-27)24-15-25-22-6-5-18(13-23(22)26-24)28(8-4-10-29)19-11-20(30-2)14-21(12-19)31-3/h5-7,9,11-16,29H,4,8,10H2,1-3H3. The number of aryl methyl sites for hydroxylation is 1. The second-order valence-electron chi connectivity index (χ2n) is 7.29. The van der Waals surface area contributed by atoms with Gasteiger partial charge in [0.15, 0.2) is 0 Å². The van der Waals surface area contributed by atoms with E-state index in [4.69, 9.17) is 14.5 Å². The molecular formula is C24H26N4O3. The van der Waals surface area contributed by atoms with Crippen LogP contribution in [0.1, 0.15) is 6.42 Å². The lowest BCUT2D eigenvalue weighted by atomic mass is 10.1. The van der Waals surface area contributed by atoms with E-state index in [2.05, 4.69) is 9.88 Å². The molecule has 0 aliphatic carbocycles. The lowest BCUT2D eigenvalue weighted by molar-refractivity contribution is 0.291. The molecule has 0 aliphatic heterocycles. The summed E-state index contributed by atoms with van der Waals surface area (Å²) in [6.45, 7) is 0.729. The molecule has 0 spiro atoms. The molecular weight excluding hydrogens is 392 g/mol. The molecule has 7 heteroatoms. The van der Waals surface area contributed by atoms with Gasteiger partial charge in [0.25, 0.3) is 0 Å². The van der Waals surface area contributed by atoms with Gasteiger partial charge >= 0.3 is 0 Å².